The first-order valence-corrected chi connectivity index (χ1v) is 19.0. The molecule has 296 valence electrons. The molecule has 0 spiro atoms. The van der Waals surface area contributed by atoms with E-state index in [1.165, 1.54) is 6.92 Å². The van der Waals surface area contributed by atoms with Gasteiger partial charge in [0, 0.05) is 24.7 Å². The molecule has 2 N–H and O–H groups in total. The number of nitrogens with one attached hydrogen (secondary N) is 1. The lowest BCUT2D eigenvalue weighted by molar-refractivity contribution is -0.195. The van der Waals surface area contributed by atoms with Crippen LogP contribution in [0.5, 0.6) is 0 Å². The lowest BCUT2D eigenvalue weighted by Gasteiger charge is -2.57. The lowest BCUT2D eigenvalue weighted by atomic mass is 9.53. The SMILES string of the molecule is CC.CC[C@@H](C(=O)O[C@H]1C[C@@]2(O)[C@@H](OC(=O)c3ccccc3)CC(C)C(=O)C(OC(C)=O)C(=C1C)[C@]2(C)CC)C(NC(=O)OC(C)(C)C)c1ccccc1. The average molecular weight is 750 g/mol. The van der Waals surface area contributed by atoms with E-state index in [1.54, 1.807) is 103 Å². The van der Waals surface area contributed by atoms with Crippen LogP contribution in [0.25, 0.3) is 0 Å². The average Bonchev–Trinajstić information content (AvgIpc) is 3.13. The number of carbonyl (C=O) groups is 5. The normalized spacial score (nSPS) is 26.4. The van der Waals surface area contributed by atoms with Gasteiger partial charge in [0.15, 0.2) is 11.9 Å². The Kier molecular flexibility index (Phi) is 14.8. The topological polar surface area (TPSA) is 155 Å². The van der Waals surface area contributed by atoms with Gasteiger partial charge in [-0.2, -0.15) is 0 Å². The Bertz CT molecular complexity index is 1670. The molecule has 54 heavy (non-hydrogen) atoms. The van der Waals surface area contributed by atoms with Crippen molar-refractivity contribution in [2.24, 2.45) is 17.3 Å². The molecule has 1 saturated carbocycles. The first-order chi connectivity index (χ1) is 25.4. The van der Waals surface area contributed by atoms with Gasteiger partial charge in [-0.25, -0.2) is 9.59 Å². The van der Waals surface area contributed by atoms with Crippen molar-refractivity contribution in [1.29, 1.82) is 0 Å². The first-order valence-electron chi connectivity index (χ1n) is 19.0. The zero-order valence-corrected chi connectivity index (χ0v) is 33.7. The summed E-state index contributed by atoms with van der Waals surface area (Å²) in [7, 11) is 0. The van der Waals surface area contributed by atoms with E-state index in [0.29, 0.717) is 16.7 Å². The third-order valence-corrected chi connectivity index (χ3v) is 10.5. The van der Waals surface area contributed by atoms with Crippen LogP contribution >= 0.6 is 0 Å². The second kappa shape index (κ2) is 18.2. The summed E-state index contributed by atoms with van der Waals surface area (Å²) in [4.78, 5) is 67.5. The van der Waals surface area contributed by atoms with Crippen molar-refractivity contribution in [3.63, 3.8) is 0 Å². The summed E-state index contributed by atoms with van der Waals surface area (Å²) in [6.45, 7) is 19.2. The number of alkyl carbamates (subject to hydrolysis) is 1. The van der Waals surface area contributed by atoms with E-state index < -0.39 is 82.6 Å². The van der Waals surface area contributed by atoms with Crippen molar-refractivity contribution in [3.8, 4) is 0 Å². The Morgan fingerprint density at radius 1 is 0.944 bits per heavy atom. The van der Waals surface area contributed by atoms with Crippen LogP contribution in [0.2, 0.25) is 0 Å². The molecule has 11 heteroatoms. The molecule has 2 aromatic rings. The predicted octanol–water partition coefficient (Wildman–Crippen LogP) is 7.85. The van der Waals surface area contributed by atoms with Crippen LogP contribution in [0, 0.1) is 17.3 Å². The van der Waals surface area contributed by atoms with Crippen molar-refractivity contribution < 1.29 is 48.0 Å². The van der Waals surface area contributed by atoms with Gasteiger partial charge in [0.05, 0.1) is 17.5 Å². The number of amides is 1. The Morgan fingerprint density at radius 3 is 2.04 bits per heavy atom. The molecule has 2 bridgehead atoms. The third kappa shape index (κ3) is 9.58. The van der Waals surface area contributed by atoms with Gasteiger partial charge in [-0.05, 0) is 75.8 Å². The highest BCUT2D eigenvalue weighted by Crippen LogP contribution is 2.56. The molecule has 0 radical (unpaired) electrons. The molecule has 0 aliphatic heterocycles. The van der Waals surface area contributed by atoms with Crippen molar-refractivity contribution in [3.05, 3.63) is 82.9 Å². The zero-order chi connectivity index (χ0) is 40.6. The van der Waals surface area contributed by atoms with E-state index in [0.717, 1.165) is 0 Å². The van der Waals surface area contributed by atoms with Gasteiger partial charge in [-0.15, -0.1) is 0 Å². The maximum Gasteiger partial charge on any atom is 0.408 e. The minimum atomic E-state index is -1.88. The molecule has 8 atom stereocenters. The minimum Gasteiger partial charge on any atom is -0.457 e. The third-order valence-electron chi connectivity index (χ3n) is 10.5. The fourth-order valence-electron chi connectivity index (χ4n) is 7.62. The van der Waals surface area contributed by atoms with Crippen LogP contribution in [0.4, 0.5) is 4.79 Å². The summed E-state index contributed by atoms with van der Waals surface area (Å²) < 4.78 is 23.7. The smallest absolute Gasteiger partial charge is 0.408 e. The minimum absolute atomic E-state index is 0.0677. The molecule has 3 unspecified atom stereocenters. The second-order valence-corrected chi connectivity index (χ2v) is 15.2. The number of Topliss-reactive ketones (excluding diaryl/α,β-unsaturated/α-hetero) is 1. The number of fused-ring (bicyclic) bond motifs is 2. The number of esters is 3. The van der Waals surface area contributed by atoms with E-state index in [1.807, 2.05) is 26.8 Å². The van der Waals surface area contributed by atoms with Gasteiger partial charge in [0.2, 0.25) is 0 Å². The maximum atomic E-state index is 14.3. The van der Waals surface area contributed by atoms with Crippen LogP contribution < -0.4 is 5.32 Å². The number of hydrogen-bond donors (Lipinski definition) is 2. The molecule has 1 fully saturated rings. The molecule has 1 amide bonds. The Morgan fingerprint density at radius 2 is 1.52 bits per heavy atom. The fourth-order valence-corrected chi connectivity index (χ4v) is 7.62. The van der Waals surface area contributed by atoms with E-state index in [9.17, 15) is 29.1 Å². The van der Waals surface area contributed by atoms with Gasteiger partial charge < -0.3 is 29.4 Å². The van der Waals surface area contributed by atoms with Crippen LogP contribution in [0.1, 0.15) is 124 Å². The highest BCUT2D eigenvalue weighted by atomic mass is 16.6. The standard InChI is InChI=1S/C41H53NO10.C2H6/c1-10-29(33(27-18-14-12-15-19-27)42-38(47)52-39(6,7)8)37(46)50-30-23-41(48)31(51-36(45)28-20-16-13-17-21-28)22-24(3)34(44)35(49-26(5)43)32(25(30)4)40(41,9)11-2;1-2/h12-21,24,29-31,33,35,48H,10-11,22-23H2,1-9H3,(H,42,47);1-2H3/t24?,29-,30+,31+,33?,35?,40+,41-;/m1./s1. The summed E-state index contributed by atoms with van der Waals surface area (Å²) in [5.74, 6) is -4.13. The Hall–Kier alpha value is -4.51. The number of benzene rings is 2. The van der Waals surface area contributed by atoms with E-state index in [2.05, 4.69) is 5.32 Å². The predicted molar refractivity (Wildman–Crippen MR) is 204 cm³/mol. The number of ketones is 1. The van der Waals surface area contributed by atoms with E-state index in [4.69, 9.17) is 18.9 Å². The first kappa shape index (κ1) is 43.9. The van der Waals surface area contributed by atoms with Gasteiger partial charge in [0.25, 0.3) is 0 Å². The van der Waals surface area contributed by atoms with Gasteiger partial charge in [-0.3, -0.25) is 14.4 Å². The molecule has 0 saturated heterocycles. The number of rotatable bonds is 10. The van der Waals surface area contributed by atoms with Crippen LogP contribution in [0.15, 0.2) is 71.8 Å². The zero-order valence-electron chi connectivity index (χ0n) is 33.7. The molecular weight excluding hydrogens is 690 g/mol. The number of carbonyl (C=O) groups excluding carboxylic acids is 5. The van der Waals surface area contributed by atoms with Crippen molar-refractivity contribution in [2.45, 2.75) is 137 Å². The van der Waals surface area contributed by atoms with Gasteiger partial charge >= 0.3 is 24.0 Å². The summed E-state index contributed by atoms with van der Waals surface area (Å²) in [6, 6.07) is 16.5. The van der Waals surface area contributed by atoms with Crippen molar-refractivity contribution in [2.75, 3.05) is 0 Å². The van der Waals surface area contributed by atoms with Gasteiger partial charge in [-0.1, -0.05) is 90.1 Å². The number of hydrogen-bond acceptors (Lipinski definition) is 10. The van der Waals surface area contributed by atoms with Crippen LogP contribution in [-0.2, 0) is 33.3 Å². The summed E-state index contributed by atoms with van der Waals surface area (Å²) in [5.41, 5.74) is -2.24. The maximum absolute atomic E-state index is 14.3. The van der Waals surface area contributed by atoms with Gasteiger partial charge in [0.1, 0.15) is 23.4 Å². The van der Waals surface area contributed by atoms with E-state index >= 15 is 0 Å². The Labute approximate surface area is 320 Å². The number of aliphatic hydroxyl groups is 1. The quantitative estimate of drug-likeness (QED) is 0.139. The van der Waals surface area contributed by atoms with Crippen molar-refractivity contribution in [1.82, 2.24) is 5.32 Å². The summed E-state index contributed by atoms with van der Waals surface area (Å²) in [6.07, 6.45) is -4.12. The molecule has 4 rings (SSSR count). The van der Waals surface area contributed by atoms with Crippen LogP contribution in [-0.4, -0.2) is 64.4 Å². The van der Waals surface area contributed by atoms with Crippen LogP contribution in [0.3, 0.4) is 0 Å². The summed E-state index contributed by atoms with van der Waals surface area (Å²) in [5, 5.41) is 15.9. The molecule has 2 aliphatic rings. The molecule has 0 heterocycles. The monoisotopic (exact) mass is 749 g/mol. The largest absolute Gasteiger partial charge is 0.457 e. The molecule has 0 aromatic heterocycles. The van der Waals surface area contributed by atoms with E-state index in [-0.39, 0.29) is 31.2 Å². The summed E-state index contributed by atoms with van der Waals surface area (Å²) >= 11 is 0. The second-order valence-electron chi connectivity index (χ2n) is 15.2. The lowest BCUT2D eigenvalue weighted by Crippen LogP contribution is -2.65. The Balaban J connectivity index is 0.00000385. The highest BCUT2D eigenvalue weighted by molar-refractivity contribution is 5.92. The molecule has 2 aliphatic carbocycles. The van der Waals surface area contributed by atoms with Crippen molar-refractivity contribution >= 4 is 29.8 Å². The highest BCUT2D eigenvalue weighted by Gasteiger charge is 2.63. The molecular formula is C43H59NO10. The molecule has 11 nitrogen and oxygen atoms in total. The number of ether oxygens (including phenoxy) is 4. The fraction of sp³-hybridized carbons (Fsp3) is 0.558. The molecule has 2 aromatic carbocycles.